The van der Waals surface area contributed by atoms with Crippen molar-refractivity contribution >= 4 is 16.8 Å². The SMILES string of the molecule is C#CCOc1ccc2c(=O)c(C)c(-c3ccccc3)oc2c1C(C)=O. The van der Waals surface area contributed by atoms with E-state index in [1.54, 1.807) is 19.1 Å². The molecule has 4 heteroatoms. The van der Waals surface area contributed by atoms with Crippen LogP contribution in [0.15, 0.2) is 51.7 Å². The van der Waals surface area contributed by atoms with Gasteiger partial charge in [-0.1, -0.05) is 36.3 Å². The molecule has 0 N–H and O–H groups in total. The number of rotatable bonds is 4. The van der Waals surface area contributed by atoms with Gasteiger partial charge in [-0.2, -0.15) is 0 Å². The first-order valence-electron chi connectivity index (χ1n) is 7.77. The highest BCUT2D eigenvalue weighted by atomic mass is 16.5. The zero-order valence-electron chi connectivity index (χ0n) is 14.0. The molecular weight excluding hydrogens is 316 g/mol. The van der Waals surface area contributed by atoms with E-state index in [0.29, 0.717) is 22.5 Å². The van der Waals surface area contributed by atoms with E-state index in [9.17, 15) is 9.59 Å². The molecule has 124 valence electrons. The molecule has 0 unspecified atom stereocenters. The van der Waals surface area contributed by atoms with Crippen molar-refractivity contribution < 1.29 is 13.9 Å². The minimum Gasteiger partial charge on any atom is -0.480 e. The first kappa shape index (κ1) is 16.5. The highest BCUT2D eigenvalue weighted by Gasteiger charge is 2.20. The van der Waals surface area contributed by atoms with Crippen LogP contribution in [0.4, 0.5) is 0 Å². The minimum absolute atomic E-state index is 0.0213. The van der Waals surface area contributed by atoms with E-state index >= 15 is 0 Å². The number of hydrogen-bond donors (Lipinski definition) is 0. The number of carbonyl (C=O) groups is 1. The monoisotopic (exact) mass is 332 g/mol. The molecule has 0 spiro atoms. The molecule has 3 aromatic rings. The Morgan fingerprint density at radius 1 is 1.20 bits per heavy atom. The molecule has 1 aromatic heterocycles. The summed E-state index contributed by atoms with van der Waals surface area (Å²) in [5, 5.41) is 0.343. The molecule has 0 atom stereocenters. The molecule has 0 aliphatic rings. The maximum Gasteiger partial charge on any atom is 0.196 e. The molecule has 0 aliphatic carbocycles. The summed E-state index contributed by atoms with van der Waals surface area (Å²) in [6.07, 6.45) is 5.23. The quantitative estimate of drug-likeness (QED) is 0.535. The van der Waals surface area contributed by atoms with Crippen LogP contribution in [0.1, 0.15) is 22.8 Å². The van der Waals surface area contributed by atoms with Crippen molar-refractivity contribution in [2.75, 3.05) is 6.61 Å². The van der Waals surface area contributed by atoms with Gasteiger partial charge in [-0.15, -0.1) is 6.42 Å². The average molecular weight is 332 g/mol. The number of ketones is 1. The van der Waals surface area contributed by atoms with Gasteiger partial charge in [0.05, 0.1) is 5.39 Å². The molecule has 0 radical (unpaired) electrons. The van der Waals surface area contributed by atoms with Crippen molar-refractivity contribution in [3.63, 3.8) is 0 Å². The van der Waals surface area contributed by atoms with Gasteiger partial charge in [0.15, 0.2) is 16.8 Å². The van der Waals surface area contributed by atoms with Gasteiger partial charge in [0.1, 0.15) is 23.7 Å². The highest BCUT2D eigenvalue weighted by Crippen LogP contribution is 2.32. The molecule has 0 bridgehead atoms. The Balaban J connectivity index is 2.38. The van der Waals surface area contributed by atoms with Gasteiger partial charge in [-0.05, 0) is 26.0 Å². The van der Waals surface area contributed by atoms with Crippen LogP contribution in [0.25, 0.3) is 22.3 Å². The van der Waals surface area contributed by atoms with Gasteiger partial charge in [-0.3, -0.25) is 9.59 Å². The van der Waals surface area contributed by atoms with Crippen molar-refractivity contribution in [2.24, 2.45) is 0 Å². The Kier molecular flexibility index (Phi) is 4.40. The predicted molar refractivity (Wildman–Crippen MR) is 97.0 cm³/mol. The molecule has 4 nitrogen and oxygen atoms in total. The molecule has 0 amide bonds. The summed E-state index contributed by atoms with van der Waals surface area (Å²) in [5.74, 6) is 2.85. The maximum atomic E-state index is 12.8. The van der Waals surface area contributed by atoms with E-state index in [0.717, 1.165) is 5.56 Å². The lowest BCUT2D eigenvalue weighted by atomic mass is 10.0. The van der Waals surface area contributed by atoms with Gasteiger partial charge in [0, 0.05) is 11.1 Å². The van der Waals surface area contributed by atoms with E-state index in [1.807, 2.05) is 30.3 Å². The Morgan fingerprint density at radius 3 is 2.56 bits per heavy atom. The summed E-state index contributed by atoms with van der Waals surface area (Å²) >= 11 is 0. The number of ether oxygens (including phenoxy) is 1. The number of Topliss-reactive ketones (excluding diaryl/α,β-unsaturated/α-hetero) is 1. The Hall–Kier alpha value is -3.32. The van der Waals surface area contributed by atoms with Gasteiger partial charge >= 0.3 is 0 Å². The zero-order valence-corrected chi connectivity index (χ0v) is 14.0. The van der Waals surface area contributed by atoms with E-state index < -0.39 is 0 Å². The summed E-state index contributed by atoms with van der Waals surface area (Å²) in [7, 11) is 0. The molecular formula is C21H16O4. The van der Waals surface area contributed by atoms with Crippen molar-refractivity contribution in [1.29, 1.82) is 0 Å². The number of fused-ring (bicyclic) bond motifs is 1. The van der Waals surface area contributed by atoms with Crippen molar-refractivity contribution in [3.05, 3.63) is 63.8 Å². The first-order valence-corrected chi connectivity index (χ1v) is 7.77. The van der Waals surface area contributed by atoms with Crippen LogP contribution in [0.3, 0.4) is 0 Å². The second-order valence-corrected chi connectivity index (χ2v) is 5.62. The lowest BCUT2D eigenvalue weighted by Crippen LogP contribution is -2.10. The third kappa shape index (κ3) is 2.92. The fraction of sp³-hybridized carbons (Fsp3) is 0.143. The summed E-state index contributed by atoms with van der Waals surface area (Å²) in [6.45, 7) is 3.14. The Bertz CT molecular complexity index is 1050. The minimum atomic E-state index is -0.261. The van der Waals surface area contributed by atoms with Crippen LogP contribution in [-0.4, -0.2) is 12.4 Å². The second kappa shape index (κ2) is 6.66. The number of carbonyl (C=O) groups excluding carboxylic acids is 1. The summed E-state index contributed by atoms with van der Waals surface area (Å²) in [5.41, 5.74) is 1.53. The third-order valence-corrected chi connectivity index (χ3v) is 3.95. The van der Waals surface area contributed by atoms with Crippen molar-refractivity contribution in [1.82, 2.24) is 0 Å². The lowest BCUT2D eigenvalue weighted by molar-refractivity contribution is 0.101. The molecule has 3 rings (SSSR count). The predicted octanol–water partition coefficient (Wildman–Crippen LogP) is 3.98. The molecule has 2 aromatic carbocycles. The fourth-order valence-electron chi connectivity index (χ4n) is 2.77. The lowest BCUT2D eigenvalue weighted by Gasteiger charge is -2.12. The third-order valence-electron chi connectivity index (χ3n) is 3.95. The van der Waals surface area contributed by atoms with E-state index in [-0.39, 0.29) is 29.0 Å². The van der Waals surface area contributed by atoms with Crippen LogP contribution in [0.2, 0.25) is 0 Å². The molecule has 0 aliphatic heterocycles. The second-order valence-electron chi connectivity index (χ2n) is 5.62. The van der Waals surface area contributed by atoms with Crippen LogP contribution in [0.5, 0.6) is 5.75 Å². The molecule has 25 heavy (non-hydrogen) atoms. The molecule has 0 saturated heterocycles. The van der Waals surface area contributed by atoms with E-state index in [1.165, 1.54) is 6.92 Å². The zero-order chi connectivity index (χ0) is 18.0. The van der Waals surface area contributed by atoms with Crippen molar-refractivity contribution in [2.45, 2.75) is 13.8 Å². The van der Waals surface area contributed by atoms with Crippen LogP contribution >= 0.6 is 0 Å². The molecule has 0 fully saturated rings. The van der Waals surface area contributed by atoms with Crippen LogP contribution in [0, 0.1) is 19.3 Å². The van der Waals surface area contributed by atoms with E-state index in [2.05, 4.69) is 5.92 Å². The average Bonchev–Trinajstić information content (AvgIpc) is 2.62. The molecule has 0 saturated carbocycles. The van der Waals surface area contributed by atoms with Gasteiger partial charge in [-0.25, -0.2) is 0 Å². The summed E-state index contributed by atoms with van der Waals surface area (Å²) in [4.78, 5) is 25.0. The smallest absolute Gasteiger partial charge is 0.196 e. The first-order chi connectivity index (χ1) is 12.0. The normalized spacial score (nSPS) is 10.4. The number of benzene rings is 2. The van der Waals surface area contributed by atoms with Gasteiger partial charge < -0.3 is 9.15 Å². The standard InChI is InChI=1S/C21H16O4/c1-4-12-24-17-11-10-16-19(23)13(2)20(15-8-6-5-7-9-15)25-21(16)18(17)14(3)22/h1,5-11H,12H2,2-3H3. The topological polar surface area (TPSA) is 56.5 Å². The number of terminal acetylenes is 1. The molecule has 1 heterocycles. The Morgan fingerprint density at radius 2 is 1.92 bits per heavy atom. The van der Waals surface area contributed by atoms with Gasteiger partial charge in [0.25, 0.3) is 0 Å². The maximum absolute atomic E-state index is 12.8. The Labute approximate surface area is 145 Å². The largest absolute Gasteiger partial charge is 0.480 e. The van der Waals surface area contributed by atoms with Crippen LogP contribution < -0.4 is 10.2 Å². The highest BCUT2D eigenvalue weighted by molar-refractivity contribution is 6.07. The van der Waals surface area contributed by atoms with Crippen molar-refractivity contribution in [3.8, 4) is 29.4 Å². The summed E-state index contributed by atoms with van der Waals surface area (Å²) in [6, 6.07) is 12.5. The number of hydrogen-bond acceptors (Lipinski definition) is 4. The van der Waals surface area contributed by atoms with E-state index in [4.69, 9.17) is 15.6 Å². The fourth-order valence-corrected chi connectivity index (χ4v) is 2.77. The van der Waals surface area contributed by atoms with Crippen LogP contribution in [-0.2, 0) is 0 Å². The van der Waals surface area contributed by atoms with Gasteiger partial charge in [0.2, 0.25) is 0 Å². The summed E-state index contributed by atoms with van der Waals surface area (Å²) < 4.78 is 11.5.